The molecule has 0 aromatic rings. The van der Waals surface area contributed by atoms with E-state index >= 15 is 0 Å². The summed E-state index contributed by atoms with van der Waals surface area (Å²) >= 11 is 0. The molecule has 0 aromatic heterocycles. The molecule has 1 saturated carbocycles. The summed E-state index contributed by atoms with van der Waals surface area (Å²) in [7, 11) is -4.13. The van der Waals surface area contributed by atoms with Crippen LogP contribution in [0.3, 0.4) is 0 Å². The molecule has 0 aliphatic heterocycles. The van der Waals surface area contributed by atoms with Crippen molar-refractivity contribution < 1.29 is 23.2 Å². The predicted molar refractivity (Wildman–Crippen MR) is 66.7 cm³/mol. The standard InChI is InChI=1S/C9H18N4O5S/c1-5(2)18-9(14)13-19(16,17)12-7(6-3-4-6)8(10)11-15/h5-7,12,15H,3-4H2,1-2H3,(H2,10,11)(H,13,14). The summed E-state index contributed by atoms with van der Waals surface area (Å²) in [4.78, 5) is 11.2. The van der Waals surface area contributed by atoms with Gasteiger partial charge in [-0.3, -0.25) is 0 Å². The first-order chi connectivity index (χ1) is 8.75. The maximum absolute atomic E-state index is 11.7. The molecule has 5 N–H and O–H groups in total. The summed E-state index contributed by atoms with van der Waals surface area (Å²) in [6.07, 6.45) is -0.00488. The lowest BCUT2D eigenvalue weighted by molar-refractivity contribution is 0.121. The van der Waals surface area contributed by atoms with Crippen LogP contribution in [0, 0.1) is 5.92 Å². The number of hydrogen-bond acceptors (Lipinski definition) is 6. The zero-order valence-electron chi connectivity index (χ0n) is 10.7. The van der Waals surface area contributed by atoms with Crippen LogP contribution in [0.25, 0.3) is 0 Å². The van der Waals surface area contributed by atoms with E-state index in [1.807, 2.05) is 0 Å². The van der Waals surface area contributed by atoms with E-state index < -0.39 is 28.4 Å². The molecule has 0 saturated heterocycles. The first-order valence-corrected chi connectivity index (χ1v) is 7.21. The van der Waals surface area contributed by atoms with Crippen LogP contribution in [0.1, 0.15) is 26.7 Å². The van der Waals surface area contributed by atoms with Crippen LogP contribution in [0.2, 0.25) is 0 Å². The molecule has 1 atom stereocenters. The third kappa shape index (κ3) is 5.30. The highest BCUT2D eigenvalue weighted by atomic mass is 32.2. The highest BCUT2D eigenvalue weighted by Gasteiger charge is 2.37. The monoisotopic (exact) mass is 294 g/mol. The van der Waals surface area contributed by atoms with Crippen molar-refractivity contribution in [3.8, 4) is 0 Å². The van der Waals surface area contributed by atoms with Gasteiger partial charge in [0.25, 0.3) is 0 Å². The molecule has 1 fully saturated rings. The summed E-state index contributed by atoms with van der Waals surface area (Å²) in [5, 5.41) is 11.4. The van der Waals surface area contributed by atoms with Gasteiger partial charge in [0.05, 0.1) is 12.1 Å². The van der Waals surface area contributed by atoms with E-state index in [4.69, 9.17) is 10.9 Å². The van der Waals surface area contributed by atoms with Crippen molar-refractivity contribution in [1.29, 1.82) is 0 Å². The third-order valence-corrected chi connectivity index (χ3v) is 3.37. The smallest absolute Gasteiger partial charge is 0.422 e. The number of hydrogen-bond donors (Lipinski definition) is 4. The second kappa shape index (κ2) is 6.06. The van der Waals surface area contributed by atoms with Gasteiger partial charge in [-0.2, -0.15) is 13.1 Å². The van der Waals surface area contributed by atoms with E-state index in [1.165, 1.54) is 0 Å². The van der Waals surface area contributed by atoms with Crippen LogP contribution in [-0.2, 0) is 14.9 Å². The minimum Gasteiger partial charge on any atom is -0.446 e. The molecule has 0 heterocycles. The van der Waals surface area contributed by atoms with Crippen LogP contribution >= 0.6 is 0 Å². The lowest BCUT2D eigenvalue weighted by Crippen LogP contribution is -2.51. The number of oxime groups is 1. The van der Waals surface area contributed by atoms with E-state index in [9.17, 15) is 13.2 Å². The maximum Gasteiger partial charge on any atom is 0.422 e. The molecule has 0 radical (unpaired) electrons. The summed E-state index contributed by atoms with van der Waals surface area (Å²) in [5.41, 5.74) is 5.41. The Morgan fingerprint density at radius 3 is 2.47 bits per heavy atom. The number of ether oxygens (including phenoxy) is 1. The summed E-state index contributed by atoms with van der Waals surface area (Å²) in [6.45, 7) is 3.17. The van der Waals surface area contributed by atoms with E-state index in [0.29, 0.717) is 0 Å². The molecule has 1 aliphatic carbocycles. The molecule has 0 aromatic carbocycles. The molecule has 110 valence electrons. The summed E-state index contributed by atoms with van der Waals surface area (Å²) in [5.74, 6) is -0.279. The fourth-order valence-electron chi connectivity index (χ4n) is 1.43. The highest BCUT2D eigenvalue weighted by Crippen LogP contribution is 2.32. The number of rotatable bonds is 6. The molecule has 1 amide bonds. The Kier molecular flexibility index (Phi) is 4.95. The number of carbonyl (C=O) groups is 1. The Balaban J connectivity index is 2.64. The molecule has 1 unspecified atom stereocenters. The van der Waals surface area contributed by atoms with Crippen molar-refractivity contribution in [2.24, 2.45) is 16.8 Å². The van der Waals surface area contributed by atoms with E-state index in [-0.39, 0.29) is 11.8 Å². The molecule has 1 aliphatic rings. The fraction of sp³-hybridized carbons (Fsp3) is 0.778. The quantitative estimate of drug-likeness (QED) is 0.225. The Hall–Kier alpha value is -1.55. The summed E-state index contributed by atoms with van der Waals surface area (Å²) in [6, 6.07) is -0.839. The average Bonchev–Trinajstić information content (AvgIpc) is 3.06. The zero-order chi connectivity index (χ0) is 14.6. The second-order valence-corrected chi connectivity index (χ2v) is 5.96. The van der Waals surface area contributed by atoms with Crippen molar-refractivity contribution in [2.75, 3.05) is 0 Å². The van der Waals surface area contributed by atoms with Crippen molar-refractivity contribution in [1.82, 2.24) is 9.44 Å². The van der Waals surface area contributed by atoms with Crippen molar-refractivity contribution in [2.45, 2.75) is 38.8 Å². The molecule has 1 rings (SSSR count). The van der Waals surface area contributed by atoms with Crippen molar-refractivity contribution >= 4 is 22.1 Å². The van der Waals surface area contributed by atoms with Gasteiger partial charge in [0, 0.05) is 0 Å². The SMILES string of the molecule is CC(C)OC(=O)NS(=O)(=O)NC(C(N)=NO)C1CC1. The largest absolute Gasteiger partial charge is 0.446 e. The molecular formula is C9H18N4O5S. The molecule has 0 bridgehead atoms. The zero-order valence-corrected chi connectivity index (χ0v) is 11.5. The van der Waals surface area contributed by atoms with Crippen LogP contribution in [0.15, 0.2) is 5.16 Å². The Morgan fingerprint density at radius 2 is 2.05 bits per heavy atom. The van der Waals surface area contributed by atoms with E-state index in [1.54, 1.807) is 18.6 Å². The number of nitrogens with one attached hydrogen (secondary N) is 2. The Bertz CT molecular complexity index is 457. The van der Waals surface area contributed by atoms with Gasteiger partial charge < -0.3 is 15.7 Å². The van der Waals surface area contributed by atoms with Gasteiger partial charge in [-0.25, -0.2) is 9.52 Å². The molecule has 9 nitrogen and oxygen atoms in total. The minimum absolute atomic E-state index is 0.0337. The van der Waals surface area contributed by atoms with Gasteiger partial charge in [0.1, 0.15) is 0 Å². The van der Waals surface area contributed by atoms with Gasteiger partial charge in [-0.15, -0.1) is 0 Å². The van der Waals surface area contributed by atoms with Gasteiger partial charge in [0.2, 0.25) is 0 Å². The third-order valence-electron chi connectivity index (χ3n) is 2.37. The first kappa shape index (κ1) is 15.5. The van der Waals surface area contributed by atoms with Gasteiger partial charge in [0.15, 0.2) is 5.84 Å². The normalized spacial score (nSPS) is 18.2. The van der Waals surface area contributed by atoms with Gasteiger partial charge >= 0.3 is 16.3 Å². The lowest BCUT2D eigenvalue weighted by Gasteiger charge is -2.17. The highest BCUT2D eigenvalue weighted by molar-refractivity contribution is 7.88. The predicted octanol–water partition coefficient (Wildman–Crippen LogP) is -0.520. The van der Waals surface area contributed by atoms with Crippen LogP contribution in [0.4, 0.5) is 4.79 Å². The van der Waals surface area contributed by atoms with Crippen molar-refractivity contribution in [3.05, 3.63) is 0 Å². The lowest BCUT2D eigenvalue weighted by atomic mass is 10.2. The fourth-order valence-corrected chi connectivity index (χ4v) is 2.41. The van der Waals surface area contributed by atoms with Crippen LogP contribution < -0.4 is 15.2 Å². The number of carbonyl (C=O) groups excluding carboxylic acids is 1. The number of amides is 1. The number of nitrogens with two attached hydrogens (primary N) is 1. The number of amidine groups is 1. The second-order valence-electron chi connectivity index (χ2n) is 4.52. The van der Waals surface area contributed by atoms with E-state index in [0.717, 1.165) is 12.8 Å². The maximum atomic E-state index is 11.7. The molecular weight excluding hydrogens is 276 g/mol. The first-order valence-electron chi connectivity index (χ1n) is 5.73. The molecule has 19 heavy (non-hydrogen) atoms. The Morgan fingerprint density at radius 1 is 1.47 bits per heavy atom. The average molecular weight is 294 g/mol. The van der Waals surface area contributed by atoms with Crippen LogP contribution in [-0.4, -0.2) is 37.7 Å². The van der Waals surface area contributed by atoms with Gasteiger partial charge in [-0.05, 0) is 32.6 Å². The van der Waals surface area contributed by atoms with Crippen LogP contribution in [0.5, 0.6) is 0 Å². The summed E-state index contributed by atoms with van der Waals surface area (Å²) < 4.78 is 31.8. The molecule has 0 spiro atoms. The van der Waals surface area contributed by atoms with Gasteiger partial charge in [-0.1, -0.05) is 5.16 Å². The van der Waals surface area contributed by atoms with E-state index in [2.05, 4.69) is 14.6 Å². The minimum atomic E-state index is -4.13. The Labute approximate surface area is 111 Å². The topological polar surface area (TPSA) is 143 Å². The number of nitrogens with zero attached hydrogens (tertiary/aromatic N) is 1. The van der Waals surface area contributed by atoms with Crippen molar-refractivity contribution in [3.63, 3.8) is 0 Å². The molecule has 10 heteroatoms.